The van der Waals surface area contributed by atoms with Crippen molar-refractivity contribution in [1.82, 2.24) is 5.32 Å². The molecule has 8 rings (SSSR count). The molecule has 0 aliphatic carbocycles. The van der Waals surface area contributed by atoms with Crippen molar-refractivity contribution in [3.63, 3.8) is 0 Å². The van der Waals surface area contributed by atoms with Crippen molar-refractivity contribution in [3.05, 3.63) is 212 Å². The molecule has 2 aliphatic rings. The summed E-state index contributed by atoms with van der Waals surface area (Å²) in [5, 5.41) is 4.45. The average molecular weight is 734 g/mol. The lowest BCUT2D eigenvalue weighted by molar-refractivity contribution is 0.181. The van der Waals surface area contributed by atoms with Crippen molar-refractivity contribution in [2.45, 2.75) is 16.9 Å². The Morgan fingerprint density at radius 1 is 0.481 bits per heavy atom. The zero-order valence-corrected chi connectivity index (χ0v) is 28.6. The van der Waals surface area contributed by atoms with Crippen LogP contribution in [-0.2, 0) is 16.9 Å². The van der Waals surface area contributed by atoms with E-state index in [-0.39, 0.29) is 0 Å². The van der Waals surface area contributed by atoms with E-state index < -0.39 is 40.1 Å². The van der Waals surface area contributed by atoms with Crippen LogP contribution in [0.4, 0.5) is 17.6 Å². The van der Waals surface area contributed by atoms with Crippen LogP contribution in [0.1, 0.15) is 33.4 Å². The molecule has 0 aromatic heterocycles. The molecule has 0 radical (unpaired) electrons. The van der Waals surface area contributed by atoms with Gasteiger partial charge in [-0.15, -0.1) is 0 Å². The van der Waals surface area contributed by atoms with Crippen LogP contribution in [0.25, 0.3) is 0 Å². The molecule has 0 bridgehead atoms. The molecule has 0 saturated carbocycles. The predicted molar refractivity (Wildman–Crippen MR) is 197 cm³/mol. The minimum Gasteiger partial charge on any atom is -0.267 e. The molecule has 2 heterocycles. The number of halogens is 6. The van der Waals surface area contributed by atoms with Crippen molar-refractivity contribution < 1.29 is 17.6 Å². The normalized spacial score (nSPS) is 20.5. The Kier molecular flexibility index (Phi) is 8.41. The first-order valence-corrected chi connectivity index (χ1v) is 17.0. The summed E-state index contributed by atoms with van der Waals surface area (Å²) < 4.78 is 58.0. The van der Waals surface area contributed by atoms with Gasteiger partial charge < -0.3 is 0 Å². The summed E-state index contributed by atoms with van der Waals surface area (Å²) in [4.78, 5) is 16.1. The Bertz CT molecular complexity index is 2350. The number of nitrogens with zero attached hydrogens (tertiary/aromatic N) is 3. The Balaban J connectivity index is 1.54. The van der Waals surface area contributed by atoms with E-state index in [2.05, 4.69) is 5.32 Å². The van der Waals surface area contributed by atoms with Crippen LogP contribution < -0.4 is 5.32 Å². The summed E-state index contributed by atoms with van der Waals surface area (Å²) in [7, 11) is 0. The van der Waals surface area contributed by atoms with Gasteiger partial charge in [0.1, 0.15) is 28.8 Å². The van der Waals surface area contributed by atoms with Gasteiger partial charge in [-0.1, -0.05) is 96.0 Å². The van der Waals surface area contributed by atoms with Gasteiger partial charge in [-0.3, -0.25) is 15.3 Å². The molecule has 10 heteroatoms. The van der Waals surface area contributed by atoms with Gasteiger partial charge in [-0.2, -0.15) is 0 Å². The van der Waals surface area contributed by atoms with E-state index in [1.54, 1.807) is 103 Å². The predicted octanol–water partition coefficient (Wildman–Crippen LogP) is 10.2. The molecule has 4 nitrogen and oxygen atoms in total. The zero-order chi connectivity index (χ0) is 36.1. The first-order valence-electron chi connectivity index (χ1n) is 16.2. The van der Waals surface area contributed by atoms with Crippen LogP contribution in [0.2, 0.25) is 10.0 Å². The van der Waals surface area contributed by atoms with Gasteiger partial charge in [0.05, 0.1) is 17.6 Å². The lowest BCUT2D eigenvalue weighted by Gasteiger charge is -2.44. The molecule has 6 aromatic carbocycles. The number of hydrogen-bond donors (Lipinski definition) is 1. The van der Waals surface area contributed by atoms with Crippen LogP contribution in [0.15, 0.2) is 161 Å². The summed E-state index contributed by atoms with van der Waals surface area (Å²) in [5.41, 5.74) is -1.20. The number of rotatable bonds is 7. The fourth-order valence-corrected chi connectivity index (χ4v) is 7.65. The summed E-state index contributed by atoms with van der Waals surface area (Å²) >= 11 is 14.2. The lowest BCUT2D eigenvalue weighted by atomic mass is 9.75. The fourth-order valence-electron chi connectivity index (χ4n) is 7.11. The summed E-state index contributed by atoms with van der Waals surface area (Å²) in [6, 6.07) is 37.6. The molecule has 0 saturated heterocycles. The quantitative estimate of drug-likeness (QED) is 0.163. The molecule has 2 unspecified atom stereocenters. The van der Waals surface area contributed by atoms with Crippen LogP contribution in [0.3, 0.4) is 0 Å². The minimum absolute atomic E-state index is 0.304. The van der Waals surface area contributed by atoms with Gasteiger partial charge in [-0.05, 0) is 89.5 Å². The summed E-state index contributed by atoms with van der Waals surface area (Å²) in [6.45, 7) is 0. The van der Waals surface area contributed by atoms with Gasteiger partial charge in [0.2, 0.25) is 5.66 Å². The Labute approximate surface area is 306 Å². The van der Waals surface area contributed by atoms with Gasteiger partial charge in [-0.25, -0.2) is 22.6 Å². The number of hydrogen-bond acceptors (Lipinski definition) is 4. The van der Waals surface area contributed by atoms with Crippen LogP contribution >= 0.6 is 23.2 Å². The number of benzene rings is 6. The second-order valence-corrected chi connectivity index (χ2v) is 13.3. The highest BCUT2D eigenvalue weighted by Crippen LogP contribution is 2.57. The molecule has 0 spiro atoms. The summed E-state index contributed by atoms with van der Waals surface area (Å²) in [5.74, 6) is -1.84. The Morgan fingerprint density at radius 3 is 1.42 bits per heavy atom. The first kappa shape index (κ1) is 33.7. The third-order valence-corrected chi connectivity index (χ3v) is 10.1. The molecule has 0 amide bonds. The Morgan fingerprint density at radius 2 is 0.923 bits per heavy atom. The zero-order valence-electron chi connectivity index (χ0n) is 27.0. The molecular weight excluding hydrogens is 707 g/mol. The highest BCUT2D eigenvalue weighted by molar-refractivity contribution is 6.40. The number of nitrogens with one attached hydrogen (secondary N) is 1. The maximum Gasteiger partial charge on any atom is 0.220 e. The highest BCUT2D eigenvalue weighted by Gasteiger charge is 2.65. The molecule has 1 N–H and O–H groups in total. The van der Waals surface area contributed by atoms with Crippen LogP contribution in [-0.4, -0.2) is 17.6 Å². The van der Waals surface area contributed by atoms with E-state index in [1.165, 1.54) is 48.5 Å². The lowest BCUT2D eigenvalue weighted by Crippen LogP contribution is -2.59. The van der Waals surface area contributed by atoms with Crippen LogP contribution in [0, 0.1) is 23.3 Å². The molecule has 2 atom stereocenters. The molecule has 52 heavy (non-hydrogen) atoms. The van der Waals surface area contributed by atoms with Crippen molar-refractivity contribution in [2.75, 3.05) is 0 Å². The van der Waals surface area contributed by atoms with Gasteiger partial charge in [0.25, 0.3) is 0 Å². The van der Waals surface area contributed by atoms with Crippen molar-refractivity contribution in [1.29, 1.82) is 0 Å². The first-order chi connectivity index (χ1) is 25.1. The fraction of sp³-hybridized carbons (Fsp3) is 0.0714. The highest BCUT2D eigenvalue weighted by atomic mass is 35.5. The van der Waals surface area contributed by atoms with Gasteiger partial charge in [0.15, 0.2) is 5.66 Å². The standard InChI is InChI=1S/C42H26Cl2F4N4/c43-36-7-3-1-5-34(36)41(49-25-38(50-41)26-9-17-30(45)18-10-26)42(35-6-2-4-8-37(35)44)51-39(27-11-19-31(46)20-12-27)40(52-42,28-13-21-32(47)22-14-28)29-15-23-33(48)24-16-29/h1-25,52H. The van der Waals surface area contributed by atoms with E-state index >= 15 is 0 Å². The van der Waals surface area contributed by atoms with E-state index in [9.17, 15) is 17.6 Å². The van der Waals surface area contributed by atoms with Gasteiger partial charge >= 0.3 is 0 Å². The van der Waals surface area contributed by atoms with Crippen molar-refractivity contribution in [2.24, 2.45) is 15.0 Å². The topological polar surface area (TPSA) is 49.1 Å². The second-order valence-electron chi connectivity index (χ2n) is 12.5. The average Bonchev–Trinajstić information content (AvgIpc) is 3.77. The van der Waals surface area contributed by atoms with E-state index in [0.717, 1.165) is 0 Å². The van der Waals surface area contributed by atoms with Crippen molar-refractivity contribution >= 4 is 40.8 Å². The van der Waals surface area contributed by atoms with Crippen molar-refractivity contribution in [3.8, 4) is 0 Å². The van der Waals surface area contributed by atoms with Gasteiger partial charge in [0, 0.05) is 26.7 Å². The smallest absolute Gasteiger partial charge is 0.220 e. The largest absolute Gasteiger partial charge is 0.267 e. The maximum atomic E-state index is 14.7. The SMILES string of the molecule is Fc1ccc(C2=NC(c3ccccc3Cl)(C3(c4ccccc4Cl)N=C(c4ccc(F)cc4)C(c4ccc(F)cc4)(c4ccc(F)cc4)N3)N=C2)cc1. The third-order valence-electron chi connectivity index (χ3n) is 9.49. The third kappa shape index (κ3) is 5.37. The molecule has 6 aromatic rings. The molecule has 256 valence electrons. The minimum atomic E-state index is -1.76. The molecular formula is C42H26Cl2F4N4. The number of aliphatic imine (C=N–C) groups is 3. The summed E-state index contributed by atoms with van der Waals surface area (Å²) in [6.07, 6.45) is 1.58. The van der Waals surface area contributed by atoms with Crippen LogP contribution in [0.5, 0.6) is 0 Å². The van der Waals surface area contributed by atoms with E-state index in [0.29, 0.717) is 54.8 Å². The monoisotopic (exact) mass is 732 g/mol. The van der Waals surface area contributed by atoms with E-state index in [4.69, 9.17) is 38.2 Å². The maximum absolute atomic E-state index is 14.7. The van der Waals surface area contributed by atoms with E-state index in [1.807, 2.05) is 0 Å². The molecule has 2 aliphatic heterocycles. The second kappa shape index (κ2) is 13.0. The molecule has 0 fully saturated rings. The Hall–Kier alpha value is -5.41.